The molecule has 1 nitrogen and oxygen atoms in total. The van der Waals surface area contributed by atoms with Gasteiger partial charge in [0.1, 0.15) is 5.82 Å². The van der Waals surface area contributed by atoms with Crippen LogP contribution < -0.4 is 5.32 Å². The molecule has 0 saturated carbocycles. The quantitative estimate of drug-likeness (QED) is 0.831. The number of hydrogen-bond donors (Lipinski definition) is 1. The Morgan fingerprint density at radius 1 is 1.00 bits per heavy atom. The molecule has 0 atom stereocenters. The molecule has 0 fully saturated rings. The number of hydrogen-bond acceptors (Lipinski definition) is 1. The summed E-state index contributed by atoms with van der Waals surface area (Å²) in [6, 6.07) is 9.04. The summed E-state index contributed by atoms with van der Waals surface area (Å²) < 4.78 is 13.1. The van der Waals surface area contributed by atoms with Crippen LogP contribution in [-0.4, -0.2) is 0 Å². The minimum absolute atomic E-state index is 0.141. The van der Waals surface area contributed by atoms with E-state index in [2.05, 4.69) is 38.2 Å². The third kappa shape index (κ3) is 3.27. The summed E-state index contributed by atoms with van der Waals surface area (Å²) in [5.41, 5.74) is 5.89. The van der Waals surface area contributed by atoms with Gasteiger partial charge in [0.25, 0.3) is 0 Å². The summed E-state index contributed by atoms with van der Waals surface area (Å²) in [7, 11) is 0. The molecule has 0 spiro atoms. The van der Waals surface area contributed by atoms with Gasteiger partial charge in [0.15, 0.2) is 0 Å². The highest BCUT2D eigenvalue weighted by Gasteiger charge is 2.04. The molecular weight excluding hydrogens is 261 g/mol. The first-order valence-corrected chi connectivity index (χ1v) is 6.61. The molecule has 0 bridgehead atoms. The van der Waals surface area contributed by atoms with Crippen LogP contribution in [0.5, 0.6) is 0 Å². The van der Waals surface area contributed by atoms with Crippen LogP contribution in [0.15, 0.2) is 30.3 Å². The lowest BCUT2D eigenvalue weighted by molar-refractivity contribution is 0.628. The van der Waals surface area contributed by atoms with Crippen molar-refractivity contribution in [3.63, 3.8) is 0 Å². The van der Waals surface area contributed by atoms with Crippen molar-refractivity contribution in [1.82, 2.24) is 0 Å². The molecule has 0 unspecified atom stereocenters. The predicted molar refractivity (Wildman–Crippen MR) is 79.4 cm³/mol. The van der Waals surface area contributed by atoms with E-state index in [0.29, 0.717) is 6.54 Å². The number of halogens is 2. The van der Waals surface area contributed by atoms with Gasteiger partial charge in [-0.3, -0.25) is 0 Å². The van der Waals surface area contributed by atoms with Crippen LogP contribution in [0.1, 0.15) is 22.3 Å². The first-order chi connectivity index (χ1) is 8.97. The lowest BCUT2D eigenvalue weighted by Gasteiger charge is -2.12. The largest absolute Gasteiger partial charge is 0.381 e. The predicted octanol–water partition coefficient (Wildman–Crippen LogP) is 5.02. The van der Waals surface area contributed by atoms with Gasteiger partial charge in [-0.05, 0) is 61.2 Å². The normalized spacial score (nSPS) is 10.6. The van der Waals surface area contributed by atoms with E-state index in [4.69, 9.17) is 11.6 Å². The topological polar surface area (TPSA) is 12.0 Å². The number of nitrogens with one attached hydrogen (secondary N) is 1. The average molecular weight is 278 g/mol. The van der Waals surface area contributed by atoms with Crippen molar-refractivity contribution in [2.75, 3.05) is 5.32 Å². The van der Waals surface area contributed by atoms with Crippen molar-refractivity contribution < 1.29 is 4.39 Å². The molecular formula is C16H17ClFN. The van der Waals surface area contributed by atoms with Crippen LogP contribution in [0, 0.1) is 26.6 Å². The van der Waals surface area contributed by atoms with Gasteiger partial charge in [0, 0.05) is 12.2 Å². The Morgan fingerprint density at radius 3 is 2.37 bits per heavy atom. The van der Waals surface area contributed by atoms with Crippen LogP contribution in [0.4, 0.5) is 10.1 Å². The van der Waals surface area contributed by atoms with Gasteiger partial charge in [-0.25, -0.2) is 4.39 Å². The molecule has 0 amide bonds. The molecule has 2 aromatic rings. The first kappa shape index (κ1) is 13.9. The average Bonchev–Trinajstić information content (AvgIpc) is 2.36. The minimum atomic E-state index is -0.394. The maximum absolute atomic E-state index is 13.1. The highest BCUT2D eigenvalue weighted by atomic mass is 35.5. The van der Waals surface area contributed by atoms with E-state index in [9.17, 15) is 4.39 Å². The number of rotatable bonds is 3. The van der Waals surface area contributed by atoms with E-state index in [0.717, 1.165) is 5.69 Å². The van der Waals surface area contributed by atoms with Crippen LogP contribution in [0.2, 0.25) is 5.02 Å². The number of aryl methyl sites for hydroxylation is 3. The minimum Gasteiger partial charge on any atom is -0.381 e. The van der Waals surface area contributed by atoms with Gasteiger partial charge in [-0.15, -0.1) is 0 Å². The Morgan fingerprint density at radius 2 is 1.68 bits per heavy atom. The van der Waals surface area contributed by atoms with Crippen molar-refractivity contribution in [1.29, 1.82) is 0 Å². The van der Waals surface area contributed by atoms with E-state index in [-0.39, 0.29) is 5.02 Å². The highest BCUT2D eigenvalue weighted by Crippen LogP contribution is 2.21. The highest BCUT2D eigenvalue weighted by molar-refractivity contribution is 6.31. The zero-order valence-corrected chi connectivity index (χ0v) is 12.1. The van der Waals surface area contributed by atoms with E-state index in [1.807, 2.05) is 0 Å². The molecule has 0 aliphatic heterocycles. The van der Waals surface area contributed by atoms with Gasteiger partial charge in [0.05, 0.1) is 5.02 Å². The maximum atomic E-state index is 13.1. The standard InChI is InChI=1S/C16H17ClFN/c1-10-6-12(3)13(7-11(10)2)9-19-14-4-5-16(18)15(17)8-14/h4-8,19H,9H2,1-3H3. The fourth-order valence-electron chi connectivity index (χ4n) is 2.01. The Kier molecular flexibility index (Phi) is 4.11. The van der Waals surface area contributed by atoms with Crippen molar-refractivity contribution in [3.05, 3.63) is 63.4 Å². The molecule has 3 heteroatoms. The maximum Gasteiger partial charge on any atom is 0.141 e. The molecule has 2 rings (SSSR count). The second kappa shape index (κ2) is 5.62. The molecule has 0 heterocycles. The second-order valence-corrected chi connectivity index (χ2v) is 5.25. The zero-order valence-electron chi connectivity index (χ0n) is 11.3. The van der Waals surface area contributed by atoms with Crippen LogP contribution in [0.3, 0.4) is 0 Å². The fourth-order valence-corrected chi connectivity index (χ4v) is 2.19. The van der Waals surface area contributed by atoms with Crippen LogP contribution >= 0.6 is 11.6 Å². The lowest BCUT2D eigenvalue weighted by Crippen LogP contribution is -2.02. The van der Waals surface area contributed by atoms with Gasteiger partial charge >= 0.3 is 0 Å². The van der Waals surface area contributed by atoms with Crippen molar-refractivity contribution in [2.45, 2.75) is 27.3 Å². The Labute approximate surface area is 118 Å². The van der Waals surface area contributed by atoms with Gasteiger partial charge in [0.2, 0.25) is 0 Å². The van der Waals surface area contributed by atoms with Crippen molar-refractivity contribution in [2.24, 2.45) is 0 Å². The molecule has 0 aliphatic carbocycles. The van der Waals surface area contributed by atoms with Gasteiger partial charge < -0.3 is 5.32 Å². The fraction of sp³-hybridized carbons (Fsp3) is 0.250. The lowest BCUT2D eigenvalue weighted by atomic mass is 10.0. The Hall–Kier alpha value is -1.54. The van der Waals surface area contributed by atoms with Gasteiger partial charge in [-0.1, -0.05) is 23.7 Å². The van der Waals surface area contributed by atoms with Crippen LogP contribution in [-0.2, 0) is 6.54 Å². The van der Waals surface area contributed by atoms with E-state index >= 15 is 0 Å². The summed E-state index contributed by atoms with van der Waals surface area (Å²) in [6.07, 6.45) is 0. The first-order valence-electron chi connectivity index (χ1n) is 6.23. The molecule has 0 radical (unpaired) electrons. The molecule has 0 aliphatic rings. The Balaban J connectivity index is 2.14. The number of benzene rings is 2. The molecule has 1 N–H and O–H groups in total. The third-order valence-corrected chi connectivity index (χ3v) is 3.64. The molecule has 19 heavy (non-hydrogen) atoms. The van der Waals surface area contributed by atoms with Crippen molar-refractivity contribution in [3.8, 4) is 0 Å². The van der Waals surface area contributed by atoms with Crippen LogP contribution in [0.25, 0.3) is 0 Å². The summed E-state index contributed by atoms with van der Waals surface area (Å²) in [6.45, 7) is 7.02. The third-order valence-electron chi connectivity index (χ3n) is 3.35. The summed E-state index contributed by atoms with van der Waals surface area (Å²) in [4.78, 5) is 0. The van der Waals surface area contributed by atoms with E-state index in [1.54, 1.807) is 12.1 Å². The molecule has 100 valence electrons. The molecule has 2 aromatic carbocycles. The smallest absolute Gasteiger partial charge is 0.141 e. The van der Waals surface area contributed by atoms with Gasteiger partial charge in [-0.2, -0.15) is 0 Å². The van der Waals surface area contributed by atoms with E-state index < -0.39 is 5.82 Å². The van der Waals surface area contributed by atoms with Crippen molar-refractivity contribution >= 4 is 17.3 Å². The summed E-state index contributed by atoms with van der Waals surface area (Å²) in [5, 5.41) is 3.41. The summed E-state index contributed by atoms with van der Waals surface area (Å²) in [5.74, 6) is -0.394. The number of anilines is 1. The molecule has 0 aromatic heterocycles. The Bertz CT molecular complexity index is 608. The van der Waals surface area contributed by atoms with E-state index in [1.165, 1.54) is 28.3 Å². The zero-order chi connectivity index (χ0) is 14.0. The summed E-state index contributed by atoms with van der Waals surface area (Å²) >= 11 is 5.76. The monoisotopic (exact) mass is 277 g/mol. The SMILES string of the molecule is Cc1cc(C)c(CNc2ccc(F)c(Cl)c2)cc1C. The molecule has 0 saturated heterocycles. The second-order valence-electron chi connectivity index (χ2n) is 4.85.